The number of hydrogen-bond acceptors (Lipinski definition) is 5. The van der Waals surface area contributed by atoms with E-state index < -0.39 is 0 Å². The van der Waals surface area contributed by atoms with Gasteiger partial charge in [-0.15, -0.1) is 5.10 Å². The fourth-order valence-electron chi connectivity index (χ4n) is 1.53. The molecule has 0 aliphatic heterocycles. The molecule has 2 aromatic heterocycles. The zero-order chi connectivity index (χ0) is 14.0. The minimum absolute atomic E-state index is 0.124. The van der Waals surface area contributed by atoms with Crippen LogP contribution in [-0.4, -0.2) is 26.1 Å². The number of amides is 1. The fraction of sp³-hybridized carbons (Fsp3) is 0.500. The van der Waals surface area contributed by atoms with Gasteiger partial charge in [0.25, 0.3) is 5.91 Å². The van der Waals surface area contributed by atoms with Crippen LogP contribution in [0.5, 0.6) is 0 Å². The van der Waals surface area contributed by atoms with Crippen LogP contribution in [0.3, 0.4) is 0 Å². The maximum atomic E-state index is 11.9. The predicted molar refractivity (Wildman–Crippen MR) is 67.6 cm³/mol. The fourth-order valence-corrected chi connectivity index (χ4v) is 1.53. The number of aromatic nitrogens is 4. The molecule has 1 amide bonds. The van der Waals surface area contributed by atoms with Crippen molar-refractivity contribution < 1.29 is 9.21 Å². The minimum atomic E-state index is -0.355. The molecule has 102 valence electrons. The van der Waals surface area contributed by atoms with Crippen molar-refractivity contribution in [1.29, 1.82) is 0 Å². The maximum absolute atomic E-state index is 11.9. The Labute approximate surface area is 110 Å². The van der Waals surface area contributed by atoms with Gasteiger partial charge in [0.1, 0.15) is 17.6 Å². The Morgan fingerprint density at radius 2 is 2.16 bits per heavy atom. The lowest BCUT2D eigenvalue weighted by atomic mass is 10.2. The van der Waals surface area contributed by atoms with Gasteiger partial charge in [-0.1, -0.05) is 13.8 Å². The monoisotopic (exact) mass is 263 g/mol. The lowest BCUT2D eigenvalue weighted by molar-refractivity contribution is 0.0923. The van der Waals surface area contributed by atoms with Gasteiger partial charge in [-0.2, -0.15) is 0 Å². The average Bonchev–Trinajstić information content (AvgIpc) is 2.96. The summed E-state index contributed by atoms with van der Waals surface area (Å²) in [6, 6.07) is -0.331. The lowest BCUT2D eigenvalue weighted by Crippen LogP contribution is -2.27. The van der Waals surface area contributed by atoms with Crippen LogP contribution in [0.4, 0.5) is 0 Å². The predicted octanol–water partition coefficient (Wildman–Crippen LogP) is 1.72. The van der Waals surface area contributed by atoms with Gasteiger partial charge in [0.15, 0.2) is 0 Å². The van der Waals surface area contributed by atoms with E-state index in [1.807, 2.05) is 13.8 Å². The van der Waals surface area contributed by atoms with Crippen molar-refractivity contribution in [3.8, 4) is 0 Å². The zero-order valence-corrected chi connectivity index (χ0v) is 11.4. The molecular weight excluding hydrogens is 246 g/mol. The lowest BCUT2D eigenvalue weighted by Gasteiger charge is -2.08. The Morgan fingerprint density at radius 1 is 1.42 bits per heavy atom. The largest absolute Gasteiger partial charge is 0.444 e. The number of rotatable bonds is 4. The van der Waals surface area contributed by atoms with Crippen LogP contribution in [0, 0.1) is 6.92 Å². The van der Waals surface area contributed by atoms with Crippen molar-refractivity contribution in [1.82, 2.24) is 25.5 Å². The van der Waals surface area contributed by atoms with E-state index in [0.29, 0.717) is 17.5 Å². The molecule has 0 radical (unpaired) electrons. The maximum Gasteiger partial charge on any atom is 0.291 e. The van der Waals surface area contributed by atoms with E-state index >= 15 is 0 Å². The number of nitrogens with one attached hydrogen (secondary N) is 2. The molecule has 0 bridgehead atoms. The minimum Gasteiger partial charge on any atom is -0.444 e. The van der Waals surface area contributed by atoms with Crippen molar-refractivity contribution in [2.45, 2.75) is 39.7 Å². The summed E-state index contributed by atoms with van der Waals surface area (Å²) in [5.74, 6) is 1.82. The third-order valence-electron chi connectivity index (χ3n) is 2.61. The highest BCUT2D eigenvalue weighted by Crippen LogP contribution is 2.13. The normalized spacial score (nSPS) is 12.7. The Balaban J connectivity index is 2.04. The molecule has 0 spiro atoms. The van der Waals surface area contributed by atoms with Crippen molar-refractivity contribution in [2.75, 3.05) is 0 Å². The van der Waals surface area contributed by atoms with Gasteiger partial charge < -0.3 is 9.73 Å². The first kappa shape index (κ1) is 13.3. The van der Waals surface area contributed by atoms with Crippen LogP contribution in [0.2, 0.25) is 0 Å². The summed E-state index contributed by atoms with van der Waals surface area (Å²) < 4.78 is 5.35. The highest BCUT2D eigenvalue weighted by molar-refractivity contribution is 5.90. The summed E-state index contributed by atoms with van der Waals surface area (Å²) in [7, 11) is 0. The van der Waals surface area contributed by atoms with Crippen molar-refractivity contribution in [3.05, 3.63) is 29.5 Å². The van der Waals surface area contributed by atoms with Gasteiger partial charge in [-0.25, -0.2) is 9.97 Å². The number of carbonyl (C=O) groups excluding carboxylic acids is 1. The van der Waals surface area contributed by atoms with E-state index in [1.54, 1.807) is 20.0 Å². The van der Waals surface area contributed by atoms with E-state index in [9.17, 15) is 4.79 Å². The van der Waals surface area contributed by atoms with Crippen LogP contribution < -0.4 is 5.32 Å². The van der Waals surface area contributed by atoms with Gasteiger partial charge in [0.2, 0.25) is 11.7 Å². The summed E-state index contributed by atoms with van der Waals surface area (Å²) in [6.45, 7) is 7.54. The number of H-pyrrole nitrogens is 1. The first-order chi connectivity index (χ1) is 8.97. The molecule has 2 N–H and O–H groups in total. The SMILES string of the molecule is Cc1cnc(C(C)NC(=O)c2n[nH]c(C(C)C)n2)o1. The van der Waals surface area contributed by atoms with Crippen LogP contribution in [0.15, 0.2) is 10.6 Å². The van der Waals surface area contributed by atoms with Crippen molar-refractivity contribution >= 4 is 5.91 Å². The summed E-state index contributed by atoms with van der Waals surface area (Å²) in [6.07, 6.45) is 1.61. The van der Waals surface area contributed by atoms with Crippen LogP contribution in [-0.2, 0) is 0 Å². The van der Waals surface area contributed by atoms with Gasteiger partial charge in [-0.05, 0) is 13.8 Å². The smallest absolute Gasteiger partial charge is 0.291 e. The van der Waals surface area contributed by atoms with Crippen LogP contribution in [0.25, 0.3) is 0 Å². The van der Waals surface area contributed by atoms with E-state index in [4.69, 9.17) is 4.42 Å². The Bertz CT molecular complexity index is 572. The second kappa shape index (κ2) is 5.21. The molecule has 19 heavy (non-hydrogen) atoms. The van der Waals surface area contributed by atoms with Gasteiger partial charge in [0, 0.05) is 5.92 Å². The van der Waals surface area contributed by atoms with Gasteiger partial charge >= 0.3 is 0 Å². The molecule has 0 saturated heterocycles. The molecule has 7 heteroatoms. The Hall–Kier alpha value is -2.18. The first-order valence-corrected chi connectivity index (χ1v) is 6.13. The summed E-state index contributed by atoms with van der Waals surface area (Å²) in [5, 5.41) is 9.37. The molecule has 0 fully saturated rings. The second-order valence-electron chi connectivity index (χ2n) is 4.70. The summed E-state index contributed by atoms with van der Waals surface area (Å²) in [5.41, 5.74) is 0. The Kier molecular flexibility index (Phi) is 3.64. The molecule has 0 aromatic carbocycles. The molecule has 0 saturated carbocycles. The summed E-state index contributed by atoms with van der Waals surface area (Å²) >= 11 is 0. The number of hydrogen-bond donors (Lipinski definition) is 2. The molecular formula is C12H17N5O2. The van der Waals surface area contributed by atoms with E-state index in [1.165, 1.54) is 0 Å². The van der Waals surface area contributed by atoms with Crippen molar-refractivity contribution in [3.63, 3.8) is 0 Å². The van der Waals surface area contributed by atoms with Crippen molar-refractivity contribution in [2.24, 2.45) is 0 Å². The highest BCUT2D eigenvalue weighted by Gasteiger charge is 2.19. The van der Waals surface area contributed by atoms with Crippen LogP contribution >= 0.6 is 0 Å². The van der Waals surface area contributed by atoms with E-state index in [0.717, 1.165) is 0 Å². The molecule has 0 aliphatic rings. The van der Waals surface area contributed by atoms with E-state index in [-0.39, 0.29) is 23.7 Å². The quantitative estimate of drug-likeness (QED) is 0.875. The van der Waals surface area contributed by atoms with Crippen LogP contribution in [0.1, 0.15) is 60.8 Å². The number of carbonyl (C=O) groups is 1. The number of aryl methyl sites for hydroxylation is 1. The third kappa shape index (κ3) is 2.98. The molecule has 2 aromatic rings. The molecule has 7 nitrogen and oxygen atoms in total. The summed E-state index contributed by atoms with van der Waals surface area (Å²) in [4.78, 5) is 20.1. The molecule has 1 atom stereocenters. The van der Waals surface area contributed by atoms with E-state index in [2.05, 4.69) is 25.5 Å². The molecule has 2 rings (SSSR count). The van der Waals surface area contributed by atoms with Gasteiger partial charge in [-0.3, -0.25) is 9.89 Å². The average molecular weight is 263 g/mol. The Morgan fingerprint density at radius 3 is 2.68 bits per heavy atom. The number of oxazole rings is 1. The molecule has 1 unspecified atom stereocenters. The number of aromatic amines is 1. The highest BCUT2D eigenvalue weighted by atomic mass is 16.4. The number of nitrogens with zero attached hydrogens (tertiary/aromatic N) is 3. The first-order valence-electron chi connectivity index (χ1n) is 6.13. The standard InChI is InChI=1S/C12H17N5O2/c1-6(2)9-15-10(17-16-9)11(18)14-8(4)12-13-5-7(3)19-12/h5-6,8H,1-4H3,(H,14,18)(H,15,16,17). The van der Waals surface area contributed by atoms with Gasteiger partial charge in [0.05, 0.1) is 6.20 Å². The zero-order valence-electron chi connectivity index (χ0n) is 11.4. The molecule has 2 heterocycles. The second-order valence-corrected chi connectivity index (χ2v) is 4.70. The third-order valence-corrected chi connectivity index (χ3v) is 2.61. The molecule has 0 aliphatic carbocycles. The topological polar surface area (TPSA) is 96.7 Å².